The average Bonchev–Trinajstić information content (AvgIpc) is 2.56. The first-order chi connectivity index (χ1) is 11.2. The molecule has 0 aromatic heterocycles. The monoisotopic (exact) mass is 326 g/mol. The lowest BCUT2D eigenvalue weighted by atomic mass is 10.2. The summed E-state index contributed by atoms with van der Waals surface area (Å²) in [5.74, 6) is -0.141. The molecule has 7 nitrogen and oxygen atoms in total. The van der Waals surface area contributed by atoms with E-state index in [1.165, 1.54) is 12.1 Å². The fourth-order valence-electron chi connectivity index (χ4n) is 1.47. The Kier molecular flexibility index (Phi) is 9.23. The maximum Gasteiger partial charge on any atom is 0.543 e. The average molecular weight is 326 g/mol. The number of hydrogen-bond donors (Lipinski definition) is 0. The van der Waals surface area contributed by atoms with E-state index in [9.17, 15) is 9.59 Å². The van der Waals surface area contributed by atoms with Crippen molar-refractivity contribution in [2.75, 3.05) is 13.2 Å². The van der Waals surface area contributed by atoms with E-state index in [1.54, 1.807) is 12.1 Å². The maximum atomic E-state index is 11.6. The fraction of sp³-hybridized carbons (Fsp3) is 0.500. The second kappa shape index (κ2) is 11.3. The Morgan fingerprint density at radius 1 is 0.913 bits per heavy atom. The van der Waals surface area contributed by atoms with Gasteiger partial charge in [0.1, 0.15) is 5.75 Å². The summed E-state index contributed by atoms with van der Waals surface area (Å²) in [7, 11) is 0. The van der Waals surface area contributed by atoms with Crippen LogP contribution in [0.15, 0.2) is 24.3 Å². The topological polar surface area (TPSA) is 80.3 Å². The second-order valence-corrected chi connectivity index (χ2v) is 4.70. The Morgan fingerprint density at radius 2 is 1.57 bits per heavy atom. The SMILES string of the molecule is CCCCOC(=O)OOOC(=O)c1ccc(OCCCC)cc1. The zero-order valence-corrected chi connectivity index (χ0v) is 13.4. The van der Waals surface area contributed by atoms with Gasteiger partial charge in [-0.2, -0.15) is 0 Å². The van der Waals surface area contributed by atoms with Crippen molar-refractivity contribution in [3.63, 3.8) is 0 Å². The van der Waals surface area contributed by atoms with Crippen LogP contribution in [-0.4, -0.2) is 25.3 Å². The molecule has 23 heavy (non-hydrogen) atoms. The molecule has 0 saturated carbocycles. The molecule has 0 bridgehead atoms. The first-order valence-corrected chi connectivity index (χ1v) is 7.62. The lowest BCUT2D eigenvalue weighted by molar-refractivity contribution is -0.452. The van der Waals surface area contributed by atoms with E-state index in [4.69, 9.17) is 4.74 Å². The van der Waals surface area contributed by atoms with Gasteiger partial charge in [0.05, 0.1) is 23.8 Å². The molecule has 0 unspecified atom stereocenters. The molecule has 1 rings (SSSR count). The van der Waals surface area contributed by atoms with Crippen molar-refractivity contribution in [3.8, 4) is 5.75 Å². The van der Waals surface area contributed by atoms with Gasteiger partial charge in [-0.3, -0.25) is 4.89 Å². The Morgan fingerprint density at radius 3 is 2.22 bits per heavy atom. The van der Waals surface area contributed by atoms with Gasteiger partial charge in [-0.25, -0.2) is 14.5 Å². The third-order valence-corrected chi connectivity index (χ3v) is 2.79. The molecule has 0 aliphatic heterocycles. The van der Waals surface area contributed by atoms with Gasteiger partial charge >= 0.3 is 12.1 Å². The highest BCUT2D eigenvalue weighted by Crippen LogP contribution is 2.13. The minimum atomic E-state index is -1.06. The Balaban J connectivity index is 2.27. The van der Waals surface area contributed by atoms with Gasteiger partial charge in [-0.05, 0) is 37.1 Å². The summed E-state index contributed by atoms with van der Waals surface area (Å²) in [6.45, 7) is 4.86. The fourth-order valence-corrected chi connectivity index (χ4v) is 1.47. The number of benzene rings is 1. The predicted molar refractivity (Wildman–Crippen MR) is 80.7 cm³/mol. The van der Waals surface area contributed by atoms with Crippen LogP contribution in [-0.2, 0) is 19.6 Å². The summed E-state index contributed by atoms with van der Waals surface area (Å²) < 4.78 is 10.1. The van der Waals surface area contributed by atoms with Crippen molar-refractivity contribution in [2.45, 2.75) is 39.5 Å². The van der Waals surface area contributed by atoms with Crippen molar-refractivity contribution in [2.24, 2.45) is 0 Å². The normalized spacial score (nSPS) is 10.0. The van der Waals surface area contributed by atoms with Gasteiger partial charge in [0.25, 0.3) is 0 Å². The molecule has 0 fully saturated rings. The zero-order chi connectivity index (χ0) is 16.9. The molecular formula is C16H22O7. The van der Waals surface area contributed by atoms with Crippen LogP contribution in [0.1, 0.15) is 49.9 Å². The van der Waals surface area contributed by atoms with E-state index in [1.807, 2.05) is 6.92 Å². The first kappa shape index (κ1) is 18.8. The van der Waals surface area contributed by atoms with E-state index < -0.39 is 12.1 Å². The number of carbonyl (C=O) groups excluding carboxylic acids is 2. The minimum absolute atomic E-state index is 0.214. The van der Waals surface area contributed by atoms with Crippen molar-refractivity contribution in [1.82, 2.24) is 0 Å². The minimum Gasteiger partial charge on any atom is -0.494 e. The van der Waals surface area contributed by atoms with E-state index in [0.717, 1.165) is 19.3 Å². The highest BCUT2D eigenvalue weighted by Gasteiger charge is 2.12. The molecule has 1 aromatic rings. The molecule has 0 radical (unpaired) electrons. The van der Waals surface area contributed by atoms with Crippen LogP contribution in [0.2, 0.25) is 0 Å². The Hall–Kier alpha value is -2.28. The van der Waals surface area contributed by atoms with Gasteiger partial charge in [0.2, 0.25) is 0 Å². The number of ether oxygens (including phenoxy) is 2. The lowest BCUT2D eigenvalue weighted by Gasteiger charge is -2.06. The first-order valence-electron chi connectivity index (χ1n) is 7.62. The molecule has 7 heteroatoms. The van der Waals surface area contributed by atoms with Crippen molar-refractivity contribution >= 4 is 12.1 Å². The molecular weight excluding hydrogens is 304 g/mol. The number of unbranched alkanes of at least 4 members (excludes halogenated alkanes) is 2. The van der Waals surface area contributed by atoms with Crippen LogP contribution in [0.3, 0.4) is 0 Å². The summed E-state index contributed by atoms with van der Waals surface area (Å²) in [5, 5.41) is 4.10. The van der Waals surface area contributed by atoms with Crippen LogP contribution in [0.4, 0.5) is 4.79 Å². The smallest absolute Gasteiger partial charge is 0.494 e. The van der Waals surface area contributed by atoms with Gasteiger partial charge in [-0.1, -0.05) is 26.7 Å². The van der Waals surface area contributed by atoms with Gasteiger partial charge in [0, 0.05) is 0 Å². The molecule has 128 valence electrons. The summed E-state index contributed by atoms with van der Waals surface area (Å²) >= 11 is 0. The van der Waals surface area contributed by atoms with E-state index in [-0.39, 0.29) is 12.2 Å². The highest BCUT2D eigenvalue weighted by atomic mass is 17.5. The third kappa shape index (κ3) is 8.06. The molecule has 0 amide bonds. The summed E-state index contributed by atoms with van der Waals surface area (Å²) in [4.78, 5) is 31.1. The van der Waals surface area contributed by atoms with Gasteiger partial charge in [-0.15, -0.1) is 0 Å². The molecule has 0 heterocycles. The summed E-state index contributed by atoms with van der Waals surface area (Å²) in [6.07, 6.45) is 2.53. The standard InChI is InChI=1S/C16H22O7/c1-3-5-11-19-14-9-7-13(8-10-14)15(17)21-23-22-16(18)20-12-6-4-2/h7-10H,3-6,11-12H2,1-2H3. The highest BCUT2D eigenvalue weighted by molar-refractivity contribution is 5.89. The molecule has 0 atom stereocenters. The molecule has 0 saturated heterocycles. The van der Waals surface area contributed by atoms with Crippen LogP contribution >= 0.6 is 0 Å². The molecule has 0 aliphatic rings. The van der Waals surface area contributed by atoms with Crippen molar-refractivity contribution in [1.29, 1.82) is 0 Å². The Labute approximate surface area is 135 Å². The van der Waals surface area contributed by atoms with Crippen molar-refractivity contribution < 1.29 is 33.9 Å². The zero-order valence-electron chi connectivity index (χ0n) is 13.4. The Bertz CT molecular complexity index is 470. The maximum absolute atomic E-state index is 11.6. The number of hydrogen-bond acceptors (Lipinski definition) is 7. The molecule has 1 aromatic carbocycles. The lowest BCUT2D eigenvalue weighted by Crippen LogP contribution is -2.12. The largest absolute Gasteiger partial charge is 0.543 e. The van der Waals surface area contributed by atoms with Crippen LogP contribution in [0, 0.1) is 0 Å². The van der Waals surface area contributed by atoms with E-state index >= 15 is 0 Å². The third-order valence-electron chi connectivity index (χ3n) is 2.79. The van der Waals surface area contributed by atoms with Gasteiger partial charge in [0.15, 0.2) is 0 Å². The van der Waals surface area contributed by atoms with Crippen LogP contribution in [0.5, 0.6) is 5.75 Å². The predicted octanol–water partition coefficient (Wildman–Crippen LogP) is 3.82. The molecule has 0 aliphatic carbocycles. The second-order valence-electron chi connectivity index (χ2n) is 4.70. The van der Waals surface area contributed by atoms with E-state index in [0.29, 0.717) is 18.8 Å². The van der Waals surface area contributed by atoms with E-state index in [2.05, 4.69) is 26.5 Å². The number of carbonyl (C=O) groups is 2. The van der Waals surface area contributed by atoms with Crippen LogP contribution in [0.25, 0.3) is 0 Å². The molecule has 0 N–H and O–H groups in total. The van der Waals surface area contributed by atoms with Crippen molar-refractivity contribution in [3.05, 3.63) is 29.8 Å². The molecule has 0 spiro atoms. The quantitative estimate of drug-likeness (QED) is 0.280. The summed E-state index contributed by atoms with van der Waals surface area (Å²) in [6, 6.07) is 6.33. The summed E-state index contributed by atoms with van der Waals surface area (Å²) in [5.41, 5.74) is 0.232. The van der Waals surface area contributed by atoms with Gasteiger partial charge < -0.3 is 9.47 Å². The number of rotatable bonds is 10. The van der Waals surface area contributed by atoms with Crippen LogP contribution < -0.4 is 4.74 Å².